The van der Waals surface area contributed by atoms with E-state index in [0.717, 1.165) is 54.5 Å². The number of alkyl halides is 3. The number of sulfonamides is 1. The Kier molecular flexibility index (Phi) is 8.07. The Bertz CT molecular complexity index is 1700. The number of rotatable bonds is 8. The van der Waals surface area contributed by atoms with Gasteiger partial charge in [-0.05, 0) is 74.7 Å². The summed E-state index contributed by atoms with van der Waals surface area (Å²) in [6, 6.07) is 12.3. The normalized spacial score (nSPS) is 12.4. The van der Waals surface area contributed by atoms with Crippen molar-refractivity contribution in [3.63, 3.8) is 0 Å². The molecule has 0 bridgehead atoms. The molecule has 4 rings (SSSR count). The van der Waals surface area contributed by atoms with E-state index in [0.29, 0.717) is 21.7 Å². The molecule has 41 heavy (non-hydrogen) atoms. The maximum Gasteiger partial charge on any atom is 0.397 e. The average molecular weight is 612 g/mol. The molecule has 0 saturated heterocycles. The molecule has 13 heteroatoms. The number of anilines is 2. The van der Waals surface area contributed by atoms with E-state index in [4.69, 9.17) is 10.5 Å². The Morgan fingerprint density at radius 2 is 1.61 bits per heavy atom. The summed E-state index contributed by atoms with van der Waals surface area (Å²) in [4.78, 5) is 4.21. The number of nitrogen functional groups attached to an aromatic ring is 1. The third-order valence-corrected chi connectivity index (χ3v) is 8.86. The summed E-state index contributed by atoms with van der Waals surface area (Å²) in [5.41, 5.74) is 6.39. The molecule has 218 valence electrons. The van der Waals surface area contributed by atoms with E-state index >= 15 is 0 Å². The van der Waals surface area contributed by atoms with E-state index in [-0.39, 0.29) is 10.8 Å². The van der Waals surface area contributed by atoms with E-state index in [9.17, 15) is 30.4 Å². The van der Waals surface area contributed by atoms with Crippen LogP contribution >= 0.6 is 11.3 Å². The van der Waals surface area contributed by atoms with Gasteiger partial charge in [-0.25, -0.2) is 22.2 Å². The van der Waals surface area contributed by atoms with Crippen LogP contribution in [0.15, 0.2) is 59.5 Å². The van der Waals surface area contributed by atoms with Crippen LogP contribution in [0.3, 0.4) is 0 Å². The third kappa shape index (κ3) is 6.30. The number of hydrogen-bond acceptors (Lipinski definition) is 6. The number of nitrogens with two attached hydrogens (primary N) is 1. The lowest BCUT2D eigenvalue weighted by molar-refractivity contribution is -0.219. The van der Waals surface area contributed by atoms with Gasteiger partial charge in [-0.15, -0.1) is 0 Å². The minimum absolute atomic E-state index is 0.0374. The number of nitrogens with one attached hydrogen (secondary N) is 1. The quantitative estimate of drug-likeness (QED) is 0.157. The summed E-state index contributed by atoms with van der Waals surface area (Å²) >= 11 is 0.886. The maximum absolute atomic E-state index is 14.6. The number of thiazole rings is 1. The van der Waals surface area contributed by atoms with Gasteiger partial charge < -0.3 is 10.5 Å². The Balaban J connectivity index is 1.82. The monoisotopic (exact) mass is 611 g/mol. The lowest BCUT2D eigenvalue weighted by atomic mass is 9.94. The summed E-state index contributed by atoms with van der Waals surface area (Å²) in [5.74, 6) is -2.30. The molecule has 0 aliphatic carbocycles. The van der Waals surface area contributed by atoms with E-state index in [2.05, 4.69) is 9.71 Å². The van der Waals surface area contributed by atoms with E-state index in [1.807, 2.05) is 32.0 Å². The first kappa shape index (κ1) is 30.3. The van der Waals surface area contributed by atoms with Crippen molar-refractivity contribution < 1.29 is 35.1 Å². The number of hydrogen-bond donors (Lipinski definition) is 2. The number of aromatic nitrogens is 1. The Labute approximate surface area is 238 Å². The van der Waals surface area contributed by atoms with Gasteiger partial charge in [0, 0.05) is 11.3 Å². The van der Waals surface area contributed by atoms with Crippen LogP contribution in [0.1, 0.15) is 25.0 Å². The standard InChI is InChI=1S/C28H26F5N3O3S2/c1-15-6-5-7-16(2)23(15)24-25(17-8-10-19(29)21(12-17)39-14-27(3,4)28(31,32)33)40-26(35-24)36-41(37,38)22-13-18(34)9-11-20(22)30/h5-13H,14,34H2,1-4H3,(H,35,36). The van der Waals surface area contributed by atoms with Crippen molar-refractivity contribution in [1.82, 2.24) is 4.98 Å². The second-order valence-electron chi connectivity index (χ2n) is 10.1. The molecule has 0 unspecified atom stereocenters. The highest BCUT2D eigenvalue weighted by molar-refractivity contribution is 7.93. The molecule has 0 saturated carbocycles. The predicted octanol–water partition coefficient (Wildman–Crippen LogP) is 7.72. The zero-order chi connectivity index (χ0) is 30.3. The predicted molar refractivity (Wildman–Crippen MR) is 149 cm³/mol. The molecule has 1 aromatic heterocycles. The van der Waals surface area contributed by atoms with Crippen LogP contribution in [-0.4, -0.2) is 26.2 Å². The number of nitrogens with zero attached hydrogens (tertiary/aromatic N) is 1. The van der Waals surface area contributed by atoms with Crippen LogP contribution in [0.4, 0.5) is 32.8 Å². The third-order valence-electron chi connectivity index (χ3n) is 6.36. The molecule has 0 atom stereocenters. The molecule has 3 aromatic carbocycles. The van der Waals surface area contributed by atoms with Crippen molar-refractivity contribution in [2.24, 2.45) is 5.41 Å². The zero-order valence-electron chi connectivity index (χ0n) is 22.4. The molecule has 0 radical (unpaired) electrons. The second kappa shape index (κ2) is 10.9. The molecule has 0 fully saturated rings. The Morgan fingerprint density at radius 3 is 2.24 bits per heavy atom. The van der Waals surface area contributed by atoms with Gasteiger partial charge in [0.25, 0.3) is 10.0 Å². The molecule has 6 nitrogen and oxygen atoms in total. The Hall–Kier alpha value is -3.71. The first-order chi connectivity index (χ1) is 19.0. The minimum Gasteiger partial charge on any atom is -0.490 e. The van der Waals surface area contributed by atoms with Crippen molar-refractivity contribution in [3.8, 4) is 27.4 Å². The lowest BCUT2D eigenvalue weighted by Gasteiger charge is -2.27. The summed E-state index contributed by atoms with van der Waals surface area (Å²) < 4.78 is 103. The second-order valence-corrected chi connectivity index (χ2v) is 12.7. The fraction of sp³-hybridized carbons (Fsp3) is 0.250. The van der Waals surface area contributed by atoms with Crippen LogP contribution in [0.2, 0.25) is 0 Å². The van der Waals surface area contributed by atoms with Gasteiger partial charge in [-0.1, -0.05) is 35.6 Å². The van der Waals surface area contributed by atoms with Crippen molar-refractivity contribution in [2.75, 3.05) is 17.1 Å². The molecule has 3 N–H and O–H groups in total. The molecular formula is C28H26F5N3O3S2. The van der Waals surface area contributed by atoms with Gasteiger partial charge in [0.1, 0.15) is 17.3 Å². The van der Waals surface area contributed by atoms with Gasteiger partial charge in [0.15, 0.2) is 16.7 Å². The number of aryl methyl sites for hydroxylation is 2. The lowest BCUT2D eigenvalue weighted by Crippen LogP contribution is -2.37. The molecule has 0 aliphatic heterocycles. The SMILES string of the molecule is Cc1cccc(C)c1-c1nc(NS(=O)(=O)c2cc(N)ccc2F)sc1-c1ccc(F)c(OCC(C)(C)C(F)(F)F)c1. The van der Waals surface area contributed by atoms with Crippen LogP contribution in [0.5, 0.6) is 5.75 Å². The molecule has 0 spiro atoms. The van der Waals surface area contributed by atoms with Crippen LogP contribution in [0.25, 0.3) is 21.7 Å². The van der Waals surface area contributed by atoms with Gasteiger partial charge in [0.05, 0.1) is 16.0 Å². The molecule has 4 aromatic rings. The first-order valence-electron chi connectivity index (χ1n) is 12.1. The van der Waals surface area contributed by atoms with Crippen LogP contribution < -0.4 is 15.2 Å². The van der Waals surface area contributed by atoms with Crippen molar-refractivity contribution in [3.05, 3.63) is 77.4 Å². The highest BCUT2D eigenvalue weighted by atomic mass is 32.2. The van der Waals surface area contributed by atoms with Crippen LogP contribution in [0, 0.1) is 30.9 Å². The van der Waals surface area contributed by atoms with Gasteiger partial charge in [-0.3, -0.25) is 4.72 Å². The highest BCUT2D eigenvalue weighted by Gasteiger charge is 2.48. The molecule has 0 aliphatic rings. The highest BCUT2D eigenvalue weighted by Crippen LogP contribution is 2.44. The van der Waals surface area contributed by atoms with Gasteiger partial charge >= 0.3 is 6.18 Å². The summed E-state index contributed by atoms with van der Waals surface area (Å²) in [5, 5.41) is -0.121. The van der Waals surface area contributed by atoms with Crippen molar-refractivity contribution in [1.29, 1.82) is 0 Å². The van der Waals surface area contributed by atoms with Crippen LogP contribution in [-0.2, 0) is 10.0 Å². The van der Waals surface area contributed by atoms with Crippen molar-refractivity contribution >= 4 is 32.2 Å². The number of halogens is 5. The topological polar surface area (TPSA) is 94.3 Å². The van der Waals surface area contributed by atoms with Gasteiger partial charge in [-0.2, -0.15) is 13.2 Å². The fourth-order valence-corrected chi connectivity index (χ4v) is 6.22. The average Bonchev–Trinajstić information content (AvgIpc) is 3.26. The number of benzene rings is 3. The summed E-state index contributed by atoms with van der Waals surface area (Å²) in [6.07, 6.45) is -4.58. The smallest absolute Gasteiger partial charge is 0.397 e. The van der Waals surface area contributed by atoms with Gasteiger partial charge in [0.2, 0.25) is 0 Å². The summed E-state index contributed by atoms with van der Waals surface area (Å²) in [7, 11) is -4.46. The zero-order valence-corrected chi connectivity index (χ0v) is 24.0. The summed E-state index contributed by atoms with van der Waals surface area (Å²) in [6.45, 7) is 4.71. The molecule has 1 heterocycles. The first-order valence-corrected chi connectivity index (χ1v) is 14.4. The largest absolute Gasteiger partial charge is 0.490 e. The molecular weight excluding hydrogens is 585 g/mol. The fourth-order valence-electron chi connectivity index (χ4n) is 3.91. The number of ether oxygens (including phenoxy) is 1. The Morgan fingerprint density at radius 1 is 0.976 bits per heavy atom. The van der Waals surface area contributed by atoms with E-state index in [1.165, 1.54) is 18.2 Å². The van der Waals surface area contributed by atoms with E-state index in [1.54, 1.807) is 0 Å². The van der Waals surface area contributed by atoms with E-state index < -0.39 is 50.5 Å². The minimum atomic E-state index is -4.58. The molecule has 0 amide bonds. The van der Waals surface area contributed by atoms with Crippen molar-refractivity contribution in [2.45, 2.75) is 38.8 Å². The maximum atomic E-state index is 14.6.